The van der Waals surface area contributed by atoms with Crippen LogP contribution in [0.25, 0.3) is 39.8 Å². The Hall–Kier alpha value is -3.20. The smallest absolute Gasteiger partial charge is 0.159 e. The van der Waals surface area contributed by atoms with Gasteiger partial charge in [-0.2, -0.15) is 0 Å². The molecule has 2 aromatic carbocycles. The molecule has 1 aliphatic rings. The summed E-state index contributed by atoms with van der Waals surface area (Å²) in [6.45, 7) is 6.51. The minimum Gasteiger partial charge on any atom is -0.326 e. The molecule has 1 aliphatic carbocycles. The molecule has 28 heavy (non-hydrogen) atoms. The first-order valence-corrected chi connectivity index (χ1v) is 9.74. The molecule has 0 N–H and O–H groups in total. The average molecular weight is 365 g/mol. The molecule has 0 aliphatic heterocycles. The molecule has 1 atom stereocenters. The summed E-state index contributed by atoms with van der Waals surface area (Å²) in [7, 11) is 2.06. The van der Waals surface area contributed by atoms with Crippen LogP contribution in [0.15, 0.2) is 60.2 Å². The largest absolute Gasteiger partial charge is 0.326 e. The lowest BCUT2D eigenvalue weighted by Crippen LogP contribution is -1.95. The Balaban J connectivity index is 1.60. The third kappa shape index (κ3) is 2.58. The molecule has 0 amide bonds. The molecule has 0 spiro atoms. The predicted octanol–water partition coefficient (Wildman–Crippen LogP) is 6.13. The summed E-state index contributed by atoms with van der Waals surface area (Å²) in [6, 6.07) is 19.4. The molecule has 4 aromatic rings. The summed E-state index contributed by atoms with van der Waals surface area (Å²) < 4.78 is 2.12. The van der Waals surface area contributed by atoms with Crippen molar-refractivity contribution in [2.24, 2.45) is 7.05 Å². The molecular weight excluding hydrogens is 342 g/mol. The van der Waals surface area contributed by atoms with E-state index in [1.807, 2.05) is 25.1 Å². The number of aromatic nitrogens is 3. The second-order valence-corrected chi connectivity index (χ2v) is 7.82. The first kappa shape index (κ1) is 16.9. The van der Waals surface area contributed by atoms with Gasteiger partial charge in [0.25, 0.3) is 0 Å². The summed E-state index contributed by atoms with van der Waals surface area (Å²) in [5, 5.41) is 0. The van der Waals surface area contributed by atoms with Crippen molar-refractivity contribution in [3.05, 3.63) is 77.0 Å². The molecule has 0 bridgehead atoms. The predicted molar refractivity (Wildman–Crippen MR) is 116 cm³/mol. The van der Waals surface area contributed by atoms with Crippen LogP contribution in [0.4, 0.5) is 0 Å². The Kier molecular flexibility index (Phi) is 3.73. The molecule has 2 aromatic heterocycles. The Bertz CT molecular complexity index is 1260. The van der Waals surface area contributed by atoms with E-state index in [4.69, 9.17) is 4.98 Å². The molecular formula is C25H23N3. The summed E-state index contributed by atoms with van der Waals surface area (Å²) in [4.78, 5) is 9.55. The number of aryl methyl sites for hydroxylation is 2. The number of nitrogens with zero attached hydrogens (tertiary/aromatic N) is 3. The average Bonchev–Trinajstić information content (AvgIpc) is 3.18. The Morgan fingerprint density at radius 3 is 2.50 bits per heavy atom. The number of pyridine rings is 1. The molecule has 0 radical (unpaired) electrons. The van der Waals surface area contributed by atoms with E-state index in [1.54, 1.807) is 0 Å². The van der Waals surface area contributed by atoms with E-state index < -0.39 is 0 Å². The summed E-state index contributed by atoms with van der Waals surface area (Å²) >= 11 is 0. The van der Waals surface area contributed by atoms with Crippen LogP contribution in [-0.4, -0.2) is 14.5 Å². The quantitative estimate of drug-likeness (QED) is 0.428. The molecule has 3 heteroatoms. The van der Waals surface area contributed by atoms with Crippen LogP contribution in [0.3, 0.4) is 0 Å². The number of allylic oxidation sites excluding steroid dienone is 1. The van der Waals surface area contributed by atoms with Crippen molar-refractivity contribution < 1.29 is 0 Å². The van der Waals surface area contributed by atoms with E-state index in [-0.39, 0.29) is 0 Å². The van der Waals surface area contributed by atoms with E-state index in [9.17, 15) is 0 Å². The van der Waals surface area contributed by atoms with Crippen molar-refractivity contribution in [1.29, 1.82) is 0 Å². The number of rotatable bonds is 2. The lowest BCUT2D eigenvalue weighted by atomic mass is 9.94. The normalized spacial score (nSPS) is 15.7. The highest BCUT2D eigenvalue weighted by molar-refractivity contribution is 5.85. The van der Waals surface area contributed by atoms with Gasteiger partial charge in [-0.25, -0.2) is 9.97 Å². The van der Waals surface area contributed by atoms with Gasteiger partial charge in [-0.3, -0.25) is 0 Å². The molecule has 0 fully saturated rings. The Morgan fingerprint density at radius 2 is 1.68 bits per heavy atom. The van der Waals surface area contributed by atoms with Crippen molar-refractivity contribution >= 4 is 17.1 Å². The van der Waals surface area contributed by atoms with E-state index in [1.165, 1.54) is 27.8 Å². The zero-order valence-corrected chi connectivity index (χ0v) is 16.7. The lowest BCUT2D eigenvalue weighted by Gasteiger charge is -2.10. The zero-order chi connectivity index (χ0) is 19.4. The third-order valence-corrected chi connectivity index (χ3v) is 5.95. The standard InChI is InChI=1S/C25H23N3/c1-15-12-20-9-8-18(13-21(20)17(15)3)19-10-11-24-23(14-19)27-25(28(24)4)22-7-5-6-16(2)26-22/h5-14,17H,1-4H3. The second-order valence-electron chi connectivity index (χ2n) is 7.82. The fraction of sp³-hybridized carbons (Fsp3) is 0.200. The highest BCUT2D eigenvalue weighted by Crippen LogP contribution is 2.38. The fourth-order valence-electron chi connectivity index (χ4n) is 4.15. The maximum atomic E-state index is 4.90. The van der Waals surface area contributed by atoms with Gasteiger partial charge in [-0.15, -0.1) is 0 Å². The lowest BCUT2D eigenvalue weighted by molar-refractivity contribution is 0.922. The van der Waals surface area contributed by atoms with E-state index in [0.29, 0.717) is 5.92 Å². The summed E-state index contributed by atoms with van der Waals surface area (Å²) in [5.74, 6) is 1.39. The SMILES string of the molecule is CC1=Cc2ccc(-c3ccc4c(c3)nc(-c3cccc(C)n3)n4C)cc2C1C. The third-order valence-electron chi connectivity index (χ3n) is 5.95. The van der Waals surface area contributed by atoms with Crippen LogP contribution in [0, 0.1) is 6.92 Å². The van der Waals surface area contributed by atoms with E-state index >= 15 is 0 Å². The van der Waals surface area contributed by atoms with Gasteiger partial charge >= 0.3 is 0 Å². The molecule has 2 heterocycles. The zero-order valence-electron chi connectivity index (χ0n) is 16.7. The van der Waals surface area contributed by atoms with Crippen molar-refractivity contribution in [2.45, 2.75) is 26.7 Å². The number of imidazole rings is 1. The van der Waals surface area contributed by atoms with Crippen LogP contribution >= 0.6 is 0 Å². The molecule has 5 rings (SSSR count). The number of benzene rings is 2. The first-order valence-electron chi connectivity index (χ1n) is 9.74. The minimum absolute atomic E-state index is 0.493. The maximum absolute atomic E-state index is 4.90. The van der Waals surface area contributed by atoms with Crippen molar-refractivity contribution in [2.75, 3.05) is 0 Å². The van der Waals surface area contributed by atoms with Gasteiger partial charge in [0.1, 0.15) is 5.69 Å². The second kappa shape index (κ2) is 6.16. The van der Waals surface area contributed by atoms with Crippen molar-refractivity contribution in [3.8, 4) is 22.6 Å². The molecule has 0 saturated carbocycles. The van der Waals surface area contributed by atoms with Crippen LogP contribution in [-0.2, 0) is 7.05 Å². The highest BCUT2D eigenvalue weighted by atomic mass is 15.1. The summed E-state index contributed by atoms with van der Waals surface area (Å²) in [5.41, 5.74) is 10.7. The molecule has 1 unspecified atom stereocenters. The summed E-state index contributed by atoms with van der Waals surface area (Å²) in [6.07, 6.45) is 2.30. The van der Waals surface area contributed by atoms with Crippen molar-refractivity contribution in [1.82, 2.24) is 14.5 Å². The molecule has 3 nitrogen and oxygen atoms in total. The van der Waals surface area contributed by atoms with E-state index in [2.05, 4.69) is 72.9 Å². The van der Waals surface area contributed by atoms with Gasteiger partial charge in [-0.05, 0) is 66.4 Å². The van der Waals surface area contributed by atoms with Gasteiger partial charge in [0.05, 0.1) is 11.0 Å². The van der Waals surface area contributed by atoms with Gasteiger partial charge in [0.2, 0.25) is 0 Å². The number of hydrogen-bond acceptors (Lipinski definition) is 2. The Morgan fingerprint density at radius 1 is 0.893 bits per heavy atom. The molecule has 0 saturated heterocycles. The van der Waals surface area contributed by atoms with Crippen LogP contribution in [0.2, 0.25) is 0 Å². The van der Waals surface area contributed by atoms with E-state index in [0.717, 1.165) is 28.2 Å². The highest BCUT2D eigenvalue weighted by Gasteiger charge is 2.19. The topological polar surface area (TPSA) is 30.7 Å². The first-order chi connectivity index (χ1) is 13.5. The van der Waals surface area contributed by atoms with Crippen molar-refractivity contribution in [3.63, 3.8) is 0 Å². The molecule has 138 valence electrons. The van der Waals surface area contributed by atoms with Gasteiger partial charge in [-0.1, -0.05) is 42.8 Å². The van der Waals surface area contributed by atoms with Crippen LogP contribution < -0.4 is 0 Å². The monoisotopic (exact) mass is 365 g/mol. The Labute approximate surface area is 165 Å². The van der Waals surface area contributed by atoms with Crippen LogP contribution in [0.5, 0.6) is 0 Å². The van der Waals surface area contributed by atoms with Crippen LogP contribution in [0.1, 0.15) is 36.6 Å². The maximum Gasteiger partial charge on any atom is 0.159 e. The number of fused-ring (bicyclic) bond motifs is 2. The van der Waals surface area contributed by atoms with Gasteiger partial charge in [0, 0.05) is 18.7 Å². The number of hydrogen-bond donors (Lipinski definition) is 0. The van der Waals surface area contributed by atoms with Gasteiger partial charge in [0.15, 0.2) is 5.82 Å². The fourth-order valence-corrected chi connectivity index (χ4v) is 4.15. The minimum atomic E-state index is 0.493. The van der Waals surface area contributed by atoms with Gasteiger partial charge < -0.3 is 4.57 Å².